The van der Waals surface area contributed by atoms with E-state index in [1.54, 1.807) is 0 Å². The summed E-state index contributed by atoms with van der Waals surface area (Å²) < 4.78 is 12.0. The second-order valence-corrected chi connectivity index (χ2v) is 8.91. The average molecular weight is 351 g/mol. The summed E-state index contributed by atoms with van der Waals surface area (Å²) in [5.74, 6) is 0.610. The smallest absolute Gasteiger partial charge is 0.145 e. The number of ether oxygens (including phenoxy) is 2. The van der Waals surface area contributed by atoms with E-state index in [1.807, 2.05) is 0 Å². The number of carbonyl (C=O) groups excluding carboxylic acids is 1. The van der Waals surface area contributed by atoms with Crippen LogP contribution in [0.25, 0.3) is 0 Å². The van der Waals surface area contributed by atoms with Gasteiger partial charge in [-0.1, -0.05) is 26.7 Å². The molecule has 0 bridgehead atoms. The topological polar surface area (TPSA) is 35.5 Å². The van der Waals surface area contributed by atoms with Crippen LogP contribution in [0.3, 0.4) is 0 Å². The minimum absolute atomic E-state index is 0.0283. The molecular weight excluding hydrogens is 312 g/mol. The van der Waals surface area contributed by atoms with Gasteiger partial charge in [0.15, 0.2) is 0 Å². The normalized spacial score (nSPS) is 38.2. The summed E-state index contributed by atoms with van der Waals surface area (Å²) in [6, 6.07) is 0. The zero-order chi connectivity index (χ0) is 17.8. The predicted molar refractivity (Wildman–Crippen MR) is 101 cm³/mol. The fourth-order valence-electron chi connectivity index (χ4n) is 5.48. The summed E-state index contributed by atoms with van der Waals surface area (Å²) in [6.07, 6.45) is 15.3. The van der Waals surface area contributed by atoms with Crippen molar-refractivity contribution in [2.24, 2.45) is 10.8 Å². The molecule has 0 N–H and O–H groups in total. The van der Waals surface area contributed by atoms with E-state index in [-0.39, 0.29) is 10.8 Å². The van der Waals surface area contributed by atoms with Crippen molar-refractivity contribution in [3.63, 3.8) is 0 Å². The molecule has 0 saturated heterocycles. The van der Waals surface area contributed by atoms with Gasteiger partial charge in [-0.2, -0.15) is 0 Å². The molecule has 144 valence electrons. The lowest BCUT2D eigenvalue weighted by atomic mass is 9.44. The number of carbonyl (C=O) groups is 1. The third-order valence-electron chi connectivity index (χ3n) is 7.12. The molecule has 3 aliphatic carbocycles. The van der Waals surface area contributed by atoms with Crippen molar-refractivity contribution in [1.29, 1.82) is 0 Å². The molecule has 25 heavy (non-hydrogen) atoms. The van der Waals surface area contributed by atoms with Crippen LogP contribution in [0, 0.1) is 10.8 Å². The zero-order valence-corrected chi connectivity index (χ0v) is 16.5. The van der Waals surface area contributed by atoms with Crippen molar-refractivity contribution in [1.82, 2.24) is 0 Å². The van der Waals surface area contributed by atoms with Gasteiger partial charge in [-0.05, 0) is 70.6 Å². The Morgan fingerprint density at radius 3 is 1.52 bits per heavy atom. The van der Waals surface area contributed by atoms with Crippen molar-refractivity contribution in [3.05, 3.63) is 0 Å². The maximum absolute atomic E-state index is 13.2. The van der Waals surface area contributed by atoms with E-state index in [9.17, 15) is 4.79 Å². The first-order chi connectivity index (χ1) is 12.1. The molecule has 0 aromatic carbocycles. The van der Waals surface area contributed by atoms with Crippen LogP contribution in [0.1, 0.15) is 97.3 Å². The van der Waals surface area contributed by atoms with Crippen molar-refractivity contribution >= 4 is 5.78 Å². The first-order valence-electron chi connectivity index (χ1n) is 10.9. The Morgan fingerprint density at radius 1 is 0.800 bits per heavy atom. The lowest BCUT2D eigenvalue weighted by molar-refractivity contribution is -0.173. The summed E-state index contributed by atoms with van der Waals surface area (Å²) in [7, 11) is 0. The molecule has 0 amide bonds. The monoisotopic (exact) mass is 350 g/mol. The van der Waals surface area contributed by atoms with E-state index in [1.165, 1.54) is 12.8 Å². The number of ketones is 1. The SMILES string of the molecule is CCCCOC1CCC2(CC1)CC1(CCC(OCCCC)CC1)C2=O. The van der Waals surface area contributed by atoms with Gasteiger partial charge in [-0.15, -0.1) is 0 Å². The fourth-order valence-corrected chi connectivity index (χ4v) is 5.48. The highest BCUT2D eigenvalue weighted by Crippen LogP contribution is 2.63. The summed E-state index contributed by atoms with van der Waals surface area (Å²) in [4.78, 5) is 13.2. The van der Waals surface area contributed by atoms with Crippen LogP contribution >= 0.6 is 0 Å². The molecular formula is C22H38O3. The van der Waals surface area contributed by atoms with Crippen molar-refractivity contribution in [3.8, 4) is 0 Å². The summed E-state index contributed by atoms with van der Waals surface area (Å²) >= 11 is 0. The minimum atomic E-state index is 0.0283. The van der Waals surface area contributed by atoms with Gasteiger partial charge >= 0.3 is 0 Å². The van der Waals surface area contributed by atoms with Gasteiger partial charge in [0.1, 0.15) is 5.78 Å². The fraction of sp³-hybridized carbons (Fsp3) is 0.955. The second-order valence-electron chi connectivity index (χ2n) is 8.91. The highest BCUT2D eigenvalue weighted by atomic mass is 16.5. The molecule has 0 aromatic rings. The van der Waals surface area contributed by atoms with E-state index < -0.39 is 0 Å². The van der Waals surface area contributed by atoms with Gasteiger partial charge in [-0.3, -0.25) is 4.79 Å². The van der Waals surface area contributed by atoms with Gasteiger partial charge < -0.3 is 9.47 Å². The Hall–Kier alpha value is -0.410. The Kier molecular flexibility index (Phi) is 6.60. The van der Waals surface area contributed by atoms with Crippen LogP contribution < -0.4 is 0 Å². The van der Waals surface area contributed by atoms with Gasteiger partial charge in [0.25, 0.3) is 0 Å². The molecule has 0 unspecified atom stereocenters. The van der Waals surface area contributed by atoms with Crippen molar-refractivity contribution in [2.45, 2.75) is 110 Å². The largest absolute Gasteiger partial charge is 0.378 e. The van der Waals surface area contributed by atoms with Crippen molar-refractivity contribution < 1.29 is 14.3 Å². The van der Waals surface area contributed by atoms with E-state index in [2.05, 4.69) is 13.8 Å². The highest BCUT2D eigenvalue weighted by molar-refractivity contribution is 5.96. The van der Waals surface area contributed by atoms with E-state index in [0.717, 1.165) is 83.8 Å². The van der Waals surface area contributed by atoms with Crippen LogP contribution in [0.4, 0.5) is 0 Å². The van der Waals surface area contributed by atoms with Crippen LogP contribution in [0.2, 0.25) is 0 Å². The number of rotatable bonds is 8. The first-order valence-corrected chi connectivity index (χ1v) is 10.9. The molecule has 3 fully saturated rings. The number of Topliss-reactive ketones (excluding diaryl/α,β-unsaturated/α-hetero) is 1. The summed E-state index contributed by atoms with van der Waals surface area (Å²) in [5, 5.41) is 0. The van der Waals surface area contributed by atoms with Crippen LogP contribution in [0.15, 0.2) is 0 Å². The molecule has 0 aliphatic heterocycles. The Labute approximate surface area is 154 Å². The van der Waals surface area contributed by atoms with Crippen LogP contribution in [0.5, 0.6) is 0 Å². The molecule has 3 nitrogen and oxygen atoms in total. The molecule has 2 spiro atoms. The van der Waals surface area contributed by atoms with Gasteiger partial charge in [0.2, 0.25) is 0 Å². The van der Waals surface area contributed by atoms with Gasteiger partial charge in [-0.25, -0.2) is 0 Å². The molecule has 3 saturated carbocycles. The quantitative estimate of drug-likeness (QED) is 0.546. The minimum Gasteiger partial charge on any atom is -0.378 e. The van der Waals surface area contributed by atoms with Crippen molar-refractivity contribution in [2.75, 3.05) is 13.2 Å². The Bertz CT molecular complexity index is 391. The lowest BCUT2D eigenvalue weighted by Crippen LogP contribution is -2.60. The van der Waals surface area contributed by atoms with E-state index in [0.29, 0.717) is 18.0 Å². The first kappa shape index (κ1) is 19.4. The molecule has 0 aromatic heterocycles. The maximum atomic E-state index is 13.2. The van der Waals surface area contributed by atoms with Gasteiger partial charge in [0, 0.05) is 24.0 Å². The predicted octanol–water partition coefficient (Wildman–Crippen LogP) is 5.45. The number of hydrogen-bond donors (Lipinski definition) is 0. The lowest BCUT2D eigenvalue weighted by Gasteiger charge is -2.59. The highest BCUT2D eigenvalue weighted by Gasteiger charge is 2.63. The average Bonchev–Trinajstić information content (AvgIpc) is 2.65. The Morgan fingerprint density at radius 2 is 1.20 bits per heavy atom. The molecule has 3 aliphatic rings. The molecule has 0 heterocycles. The summed E-state index contributed by atoms with van der Waals surface area (Å²) in [6.45, 7) is 6.20. The van der Waals surface area contributed by atoms with Crippen LogP contribution in [-0.4, -0.2) is 31.2 Å². The second kappa shape index (κ2) is 8.52. The molecule has 0 radical (unpaired) electrons. The van der Waals surface area contributed by atoms with E-state index in [4.69, 9.17) is 9.47 Å². The number of hydrogen-bond acceptors (Lipinski definition) is 3. The summed E-state index contributed by atoms with van der Waals surface area (Å²) in [5.41, 5.74) is 0.0566. The van der Waals surface area contributed by atoms with E-state index >= 15 is 0 Å². The third-order valence-corrected chi connectivity index (χ3v) is 7.12. The third kappa shape index (κ3) is 4.13. The maximum Gasteiger partial charge on any atom is 0.145 e. The molecule has 0 atom stereocenters. The van der Waals surface area contributed by atoms with Crippen LogP contribution in [-0.2, 0) is 14.3 Å². The molecule has 3 heteroatoms. The zero-order valence-electron chi connectivity index (χ0n) is 16.5. The molecule has 3 rings (SSSR count). The van der Waals surface area contributed by atoms with Gasteiger partial charge in [0.05, 0.1) is 12.2 Å². The Balaban J connectivity index is 1.42. The standard InChI is InChI=1S/C22H38O3/c1-3-5-15-24-18-7-11-21(12-8-18)17-22(20(21)23)13-9-19(10-14-22)25-16-6-4-2/h18-19H,3-17H2,1-2H3. The number of unbranched alkanes of at least 4 members (excludes halogenated alkanes) is 2.